The third-order valence-corrected chi connectivity index (χ3v) is 5.33. The highest BCUT2D eigenvalue weighted by Crippen LogP contribution is 2.48. The summed E-state index contributed by atoms with van der Waals surface area (Å²) in [5, 5.41) is 0. The molecule has 0 bridgehead atoms. The van der Waals surface area contributed by atoms with Crippen molar-refractivity contribution in [1.29, 1.82) is 0 Å². The molecular formula is C21H23NO3S. The van der Waals surface area contributed by atoms with Gasteiger partial charge in [-0.25, -0.2) is 0 Å². The predicted molar refractivity (Wildman–Crippen MR) is 108 cm³/mol. The molecule has 136 valence electrons. The van der Waals surface area contributed by atoms with Gasteiger partial charge in [0.1, 0.15) is 19.5 Å². The molecule has 0 saturated heterocycles. The number of carbonyl (C=O) groups excluding carboxylic acids is 1. The Balaban J connectivity index is 2.15. The van der Waals surface area contributed by atoms with Gasteiger partial charge in [0.05, 0.1) is 15.5 Å². The normalized spacial score (nSPS) is 13.8. The van der Waals surface area contributed by atoms with Gasteiger partial charge in [0.25, 0.3) is 0 Å². The second-order valence-electron chi connectivity index (χ2n) is 5.76. The zero-order chi connectivity index (χ0) is 18.4. The van der Waals surface area contributed by atoms with Crippen LogP contribution < -0.4 is 9.47 Å². The van der Waals surface area contributed by atoms with Crippen LogP contribution in [0.1, 0.15) is 29.2 Å². The molecule has 26 heavy (non-hydrogen) atoms. The Kier molecular flexibility index (Phi) is 6.12. The molecule has 5 heteroatoms. The van der Waals surface area contributed by atoms with Crippen molar-refractivity contribution in [3.05, 3.63) is 51.7 Å². The molecular weight excluding hydrogens is 346 g/mol. The largest absolute Gasteiger partial charge is 0.485 e. The van der Waals surface area contributed by atoms with E-state index in [4.69, 9.17) is 9.47 Å². The molecule has 0 unspecified atom stereocenters. The van der Waals surface area contributed by atoms with Crippen LogP contribution in [0.3, 0.4) is 0 Å². The lowest BCUT2D eigenvalue weighted by molar-refractivity contribution is -0.104. The first-order valence-electron chi connectivity index (χ1n) is 8.84. The van der Waals surface area contributed by atoms with E-state index in [9.17, 15) is 4.79 Å². The number of rotatable bonds is 7. The molecule has 0 fully saturated rings. The number of aldehydes is 1. The Morgan fingerprint density at radius 3 is 2.46 bits per heavy atom. The first-order chi connectivity index (χ1) is 12.8. The van der Waals surface area contributed by atoms with Crippen LogP contribution in [0.25, 0.3) is 17.8 Å². The lowest BCUT2D eigenvalue weighted by Gasteiger charge is -2.25. The van der Waals surface area contributed by atoms with Crippen LogP contribution in [0, 0.1) is 0 Å². The number of nitrogens with zero attached hydrogens (tertiary/aromatic N) is 1. The molecule has 1 aromatic heterocycles. The van der Waals surface area contributed by atoms with Crippen molar-refractivity contribution in [3.8, 4) is 11.5 Å². The highest BCUT2D eigenvalue weighted by molar-refractivity contribution is 7.14. The molecule has 0 N–H and O–H groups in total. The van der Waals surface area contributed by atoms with E-state index in [1.54, 1.807) is 17.4 Å². The van der Waals surface area contributed by atoms with E-state index in [2.05, 4.69) is 37.0 Å². The lowest BCUT2D eigenvalue weighted by atomic mass is 10.1. The fourth-order valence-electron chi connectivity index (χ4n) is 2.95. The Morgan fingerprint density at radius 2 is 1.81 bits per heavy atom. The molecule has 4 nitrogen and oxygen atoms in total. The standard InChI is InChI=1S/C21H23NO3S/c1-3-22(4-2)17(15-16-9-6-5-7-10-16)21-20-19(24-13-14-25-20)18(26-21)11-8-12-23/h5-12,15H,3-4,13-14H2,1-2H3/b11-8+,17-15+. The molecule has 0 amide bonds. The van der Waals surface area contributed by atoms with Crippen molar-refractivity contribution in [3.63, 3.8) is 0 Å². The van der Waals surface area contributed by atoms with Crippen LogP contribution in [0.5, 0.6) is 11.5 Å². The van der Waals surface area contributed by atoms with Crippen LogP contribution >= 0.6 is 11.3 Å². The van der Waals surface area contributed by atoms with Gasteiger partial charge in [-0.1, -0.05) is 30.3 Å². The zero-order valence-electron chi connectivity index (χ0n) is 15.1. The van der Waals surface area contributed by atoms with E-state index >= 15 is 0 Å². The number of allylic oxidation sites excluding steroid dienone is 1. The second kappa shape index (κ2) is 8.72. The summed E-state index contributed by atoms with van der Waals surface area (Å²) in [4.78, 5) is 15.0. The summed E-state index contributed by atoms with van der Waals surface area (Å²) >= 11 is 1.60. The van der Waals surface area contributed by atoms with Crippen LogP contribution in [-0.4, -0.2) is 37.5 Å². The first kappa shape index (κ1) is 18.3. The maximum atomic E-state index is 10.8. The summed E-state index contributed by atoms with van der Waals surface area (Å²) in [5.74, 6) is 1.52. The monoisotopic (exact) mass is 369 g/mol. The molecule has 0 aliphatic carbocycles. The molecule has 1 aliphatic heterocycles. The minimum Gasteiger partial charge on any atom is -0.485 e. The molecule has 1 aliphatic rings. The smallest absolute Gasteiger partial charge is 0.182 e. The number of hydrogen-bond acceptors (Lipinski definition) is 5. The number of hydrogen-bond donors (Lipinski definition) is 0. The summed E-state index contributed by atoms with van der Waals surface area (Å²) in [6.45, 7) is 7.13. The fourth-order valence-corrected chi connectivity index (χ4v) is 4.10. The Bertz CT molecular complexity index is 804. The minimum absolute atomic E-state index is 0.522. The van der Waals surface area contributed by atoms with E-state index < -0.39 is 0 Å². The van der Waals surface area contributed by atoms with Crippen LogP contribution in [0.2, 0.25) is 0 Å². The zero-order valence-corrected chi connectivity index (χ0v) is 15.9. The molecule has 2 aromatic rings. The second-order valence-corrected chi connectivity index (χ2v) is 6.81. The van der Waals surface area contributed by atoms with Gasteiger partial charge < -0.3 is 14.4 Å². The first-order valence-corrected chi connectivity index (χ1v) is 9.66. The predicted octanol–water partition coefficient (Wildman–Crippen LogP) is 4.57. The van der Waals surface area contributed by atoms with Gasteiger partial charge >= 0.3 is 0 Å². The van der Waals surface area contributed by atoms with Gasteiger partial charge in [0.2, 0.25) is 0 Å². The molecule has 1 aromatic carbocycles. The molecule has 0 spiro atoms. The summed E-state index contributed by atoms with van der Waals surface area (Å²) in [7, 11) is 0. The Hall–Kier alpha value is -2.53. The van der Waals surface area contributed by atoms with E-state index in [1.165, 1.54) is 6.08 Å². The van der Waals surface area contributed by atoms with Crippen molar-refractivity contribution in [1.82, 2.24) is 4.90 Å². The van der Waals surface area contributed by atoms with E-state index in [0.717, 1.165) is 51.9 Å². The van der Waals surface area contributed by atoms with E-state index in [0.29, 0.717) is 13.2 Å². The van der Waals surface area contributed by atoms with Gasteiger partial charge in [-0.05, 0) is 37.6 Å². The summed E-state index contributed by atoms with van der Waals surface area (Å²) in [6, 6.07) is 10.3. The van der Waals surface area contributed by atoms with Gasteiger partial charge in [-0.3, -0.25) is 4.79 Å². The number of thiophene rings is 1. The lowest BCUT2D eigenvalue weighted by Crippen LogP contribution is -2.22. The van der Waals surface area contributed by atoms with Crippen LogP contribution in [0.15, 0.2) is 36.4 Å². The third kappa shape index (κ3) is 3.83. The summed E-state index contributed by atoms with van der Waals surface area (Å²) in [6.07, 6.45) is 6.24. The van der Waals surface area contributed by atoms with Crippen molar-refractivity contribution >= 4 is 35.5 Å². The van der Waals surface area contributed by atoms with Gasteiger partial charge in [0.15, 0.2) is 11.5 Å². The quantitative estimate of drug-likeness (QED) is 0.529. The highest BCUT2D eigenvalue weighted by Gasteiger charge is 2.27. The number of ether oxygens (including phenoxy) is 2. The maximum Gasteiger partial charge on any atom is 0.182 e. The minimum atomic E-state index is 0.522. The molecule has 3 rings (SSSR count). The Labute approximate surface area is 158 Å². The average molecular weight is 369 g/mol. The molecule has 0 saturated carbocycles. The van der Waals surface area contributed by atoms with Crippen molar-refractivity contribution in [2.45, 2.75) is 13.8 Å². The topological polar surface area (TPSA) is 38.8 Å². The molecule has 2 heterocycles. The SMILES string of the molecule is CCN(CC)/C(=C/c1ccccc1)c1sc(/C=C/C=O)c2c1OCCO2. The maximum absolute atomic E-state index is 10.8. The van der Waals surface area contributed by atoms with Crippen LogP contribution in [-0.2, 0) is 4.79 Å². The van der Waals surface area contributed by atoms with Crippen molar-refractivity contribution in [2.24, 2.45) is 0 Å². The summed E-state index contributed by atoms with van der Waals surface area (Å²) in [5.41, 5.74) is 2.25. The van der Waals surface area contributed by atoms with Crippen LogP contribution in [0.4, 0.5) is 0 Å². The number of carbonyl (C=O) groups is 1. The van der Waals surface area contributed by atoms with Crippen molar-refractivity contribution < 1.29 is 14.3 Å². The molecule has 0 atom stereocenters. The highest BCUT2D eigenvalue weighted by atomic mass is 32.1. The summed E-state index contributed by atoms with van der Waals surface area (Å²) < 4.78 is 11.8. The van der Waals surface area contributed by atoms with Gasteiger partial charge in [-0.15, -0.1) is 11.3 Å². The van der Waals surface area contributed by atoms with E-state index in [1.807, 2.05) is 18.2 Å². The van der Waals surface area contributed by atoms with Crippen molar-refractivity contribution in [2.75, 3.05) is 26.3 Å². The Morgan fingerprint density at radius 1 is 1.12 bits per heavy atom. The average Bonchev–Trinajstić information content (AvgIpc) is 3.06. The van der Waals surface area contributed by atoms with Gasteiger partial charge in [-0.2, -0.15) is 0 Å². The fraction of sp³-hybridized carbons (Fsp3) is 0.286. The number of fused-ring (bicyclic) bond motifs is 1. The van der Waals surface area contributed by atoms with Gasteiger partial charge in [0, 0.05) is 13.1 Å². The molecule has 0 radical (unpaired) electrons. The van der Waals surface area contributed by atoms with E-state index in [-0.39, 0.29) is 0 Å². The number of benzene rings is 1. The third-order valence-electron chi connectivity index (χ3n) is 4.19.